The van der Waals surface area contributed by atoms with Gasteiger partial charge < -0.3 is 41.1 Å². The van der Waals surface area contributed by atoms with Gasteiger partial charge in [0.15, 0.2) is 0 Å². The lowest BCUT2D eigenvalue weighted by molar-refractivity contribution is -0.157. The van der Waals surface area contributed by atoms with Crippen LogP contribution in [-0.2, 0) is 33.5 Å². The number of amides is 5. The van der Waals surface area contributed by atoms with E-state index in [1.165, 1.54) is 18.9 Å². The monoisotopic (exact) mass is 683 g/mol. The van der Waals surface area contributed by atoms with Crippen LogP contribution in [0.1, 0.15) is 106 Å². The average Bonchev–Trinajstić information content (AvgIpc) is 3.04. The van der Waals surface area contributed by atoms with Gasteiger partial charge in [0.05, 0.1) is 18.6 Å². The Balaban J connectivity index is 3.57. The van der Waals surface area contributed by atoms with Crippen LogP contribution in [0.15, 0.2) is 0 Å². The number of nitrogens with one attached hydrogen (secondary N) is 4. The molecule has 0 aromatic heterocycles. The molecule has 0 aromatic carbocycles. The van der Waals surface area contributed by atoms with E-state index < -0.39 is 96.9 Å². The Morgan fingerprint density at radius 3 is 2.00 bits per heavy atom. The van der Waals surface area contributed by atoms with E-state index in [0.29, 0.717) is 19.3 Å². The summed E-state index contributed by atoms with van der Waals surface area (Å²) in [5.74, 6) is -5.64. The number of esters is 1. The van der Waals surface area contributed by atoms with Crippen molar-refractivity contribution < 1.29 is 43.7 Å². The molecule has 6 N–H and O–H groups in total. The van der Waals surface area contributed by atoms with Crippen molar-refractivity contribution in [2.75, 3.05) is 20.2 Å². The summed E-state index contributed by atoms with van der Waals surface area (Å²) in [5.41, 5.74) is 0. The summed E-state index contributed by atoms with van der Waals surface area (Å²) < 4.78 is 5.76. The summed E-state index contributed by atoms with van der Waals surface area (Å²) >= 11 is 0. The molecule has 0 aromatic rings. The predicted molar refractivity (Wildman–Crippen MR) is 180 cm³/mol. The van der Waals surface area contributed by atoms with Crippen molar-refractivity contribution in [3.63, 3.8) is 0 Å². The van der Waals surface area contributed by atoms with E-state index >= 15 is 0 Å². The molecule has 1 fully saturated rings. The van der Waals surface area contributed by atoms with Gasteiger partial charge in [-0.3, -0.25) is 28.8 Å². The molecule has 1 aliphatic heterocycles. The number of cyclic esters (lactones) is 1. The minimum Gasteiger partial charge on any atom is -0.460 e. The number of likely N-dealkylation sites (N-methyl/N-ethyl adjacent to an activating group) is 1. The third-order valence-corrected chi connectivity index (χ3v) is 8.96. The summed E-state index contributed by atoms with van der Waals surface area (Å²) in [6.45, 7) is 11.0. The maximum atomic E-state index is 13.9. The molecule has 14 heteroatoms. The van der Waals surface area contributed by atoms with E-state index in [2.05, 4.69) is 28.2 Å². The number of aliphatic hydroxyl groups excluding tert-OH is 2. The zero-order chi connectivity index (χ0) is 36.6. The van der Waals surface area contributed by atoms with Gasteiger partial charge in [-0.2, -0.15) is 0 Å². The average molecular weight is 684 g/mol. The third kappa shape index (κ3) is 13.7. The standard InChI is InChI=1S/C34H61N5O9/c1-9-11-12-13-14-15-16-26-22(6)34(47)39(8)25(17-20(3)4)31(44)37-28(21(5)10-2)33(46)36-24(19-40)30(43)38-29(23(7)41)32(45)35-18-27(42)48-26/h20-26,28-29,40-41H,9-19H2,1-8H3,(H,35,45)(H,36,46)(H,37,44)(H,38,43)/t21-,22-,23+,24+,25+,26?,28+,29+/m1/s1. The third-order valence-electron chi connectivity index (χ3n) is 8.96. The Labute approximate surface area is 285 Å². The minimum absolute atomic E-state index is 0.00604. The van der Waals surface area contributed by atoms with E-state index in [1.54, 1.807) is 13.8 Å². The van der Waals surface area contributed by atoms with Gasteiger partial charge >= 0.3 is 5.97 Å². The number of carbonyl (C=O) groups excluding carboxylic acids is 6. The van der Waals surface area contributed by atoms with Gasteiger partial charge in [0.25, 0.3) is 0 Å². The van der Waals surface area contributed by atoms with E-state index in [1.807, 2.05) is 20.8 Å². The highest BCUT2D eigenvalue weighted by Gasteiger charge is 2.38. The lowest BCUT2D eigenvalue weighted by atomic mass is 9.94. The fourth-order valence-electron chi connectivity index (χ4n) is 5.60. The topological polar surface area (TPSA) is 203 Å². The van der Waals surface area contributed by atoms with E-state index in [0.717, 1.165) is 32.1 Å². The van der Waals surface area contributed by atoms with Gasteiger partial charge in [0.1, 0.15) is 36.8 Å². The summed E-state index contributed by atoms with van der Waals surface area (Å²) in [6, 6.07) is -5.15. The molecule has 1 unspecified atom stereocenters. The second-order valence-corrected chi connectivity index (χ2v) is 13.5. The second-order valence-electron chi connectivity index (χ2n) is 13.5. The zero-order valence-electron chi connectivity index (χ0n) is 30.2. The quantitative estimate of drug-likeness (QED) is 0.122. The number of rotatable bonds is 13. The van der Waals surface area contributed by atoms with E-state index in [-0.39, 0.29) is 12.3 Å². The molecule has 0 saturated carbocycles. The van der Waals surface area contributed by atoms with Crippen LogP contribution in [0.3, 0.4) is 0 Å². The first kappa shape index (κ1) is 42.8. The molecule has 14 nitrogen and oxygen atoms in total. The maximum Gasteiger partial charge on any atom is 0.325 e. The fraction of sp³-hybridized carbons (Fsp3) is 0.824. The fourth-order valence-corrected chi connectivity index (χ4v) is 5.60. The first-order valence-corrected chi connectivity index (χ1v) is 17.5. The van der Waals surface area contributed by atoms with Crippen LogP contribution in [-0.4, -0.2) is 107 Å². The van der Waals surface area contributed by atoms with Crippen LogP contribution in [0.2, 0.25) is 0 Å². The van der Waals surface area contributed by atoms with Crippen LogP contribution in [0.25, 0.3) is 0 Å². The molecule has 0 aliphatic carbocycles. The SMILES string of the molecule is CCCCCCCCC1OC(=O)CNC(=O)[C@H]([C@H](C)O)NC(=O)[C@H](CO)NC(=O)[C@H]([C@H](C)CC)NC(=O)[C@H](CC(C)C)N(C)C(=O)[C@@H]1C. The number of aliphatic hydroxyl groups is 2. The highest BCUT2D eigenvalue weighted by atomic mass is 16.5. The smallest absolute Gasteiger partial charge is 0.325 e. The van der Waals surface area contributed by atoms with Gasteiger partial charge in [0, 0.05) is 7.05 Å². The highest BCUT2D eigenvalue weighted by molar-refractivity contribution is 5.96. The lowest BCUT2D eigenvalue weighted by Gasteiger charge is -2.34. The van der Waals surface area contributed by atoms with Crippen molar-refractivity contribution in [2.45, 2.75) is 143 Å². The van der Waals surface area contributed by atoms with Crippen molar-refractivity contribution in [1.29, 1.82) is 0 Å². The van der Waals surface area contributed by atoms with Crippen LogP contribution < -0.4 is 21.3 Å². The molecule has 1 saturated heterocycles. The molecule has 8 atom stereocenters. The van der Waals surface area contributed by atoms with Crippen LogP contribution >= 0.6 is 0 Å². The summed E-state index contributed by atoms with van der Waals surface area (Å²) in [6.07, 6.45) is 4.75. The molecule has 48 heavy (non-hydrogen) atoms. The van der Waals surface area contributed by atoms with Gasteiger partial charge in [0.2, 0.25) is 29.5 Å². The lowest BCUT2D eigenvalue weighted by Crippen LogP contribution is -2.61. The highest BCUT2D eigenvalue weighted by Crippen LogP contribution is 2.22. The number of carbonyl (C=O) groups is 6. The molecular formula is C34H61N5O9. The van der Waals surface area contributed by atoms with Crippen LogP contribution in [0.4, 0.5) is 0 Å². The second kappa shape index (κ2) is 21.7. The Morgan fingerprint density at radius 1 is 0.833 bits per heavy atom. The number of unbranched alkanes of at least 4 members (excludes halogenated alkanes) is 5. The van der Waals surface area contributed by atoms with Gasteiger partial charge in [-0.25, -0.2) is 0 Å². The first-order chi connectivity index (χ1) is 22.6. The first-order valence-electron chi connectivity index (χ1n) is 17.5. The molecule has 5 amide bonds. The van der Waals surface area contributed by atoms with Crippen LogP contribution in [0.5, 0.6) is 0 Å². The number of nitrogens with zero attached hydrogens (tertiary/aromatic N) is 1. The molecule has 1 rings (SSSR count). The number of ether oxygens (including phenoxy) is 1. The van der Waals surface area contributed by atoms with Crippen molar-refractivity contribution in [3.05, 3.63) is 0 Å². The van der Waals surface area contributed by atoms with Gasteiger partial charge in [-0.15, -0.1) is 0 Å². The predicted octanol–water partition coefficient (Wildman–Crippen LogP) is 1.16. The number of hydrogen-bond donors (Lipinski definition) is 6. The van der Waals surface area contributed by atoms with Gasteiger partial charge in [-0.05, 0) is 38.0 Å². The molecule has 0 bridgehead atoms. The molecule has 276 valence electrons. The summed E-state index contributed by atoms with van der Waals surface area (Å²) in [5, 5.41) is 30.1. The van der Waals surface area contributed by atoms with E-state index in [4.69, 9.17) is 4.74 Å². The Hall–Kier alpha value is -3.26. The van der Waals surface area contributed by atoms with E-state index in [9.17, 15) is 39.0 Å². The van der Waals surface area contributed by atoms with Crippen LogP contribution in [0, 0.1) is 17.8 Å². The van der Waals surface area contributed by atoms with Gasteiger partial charge in [-0.1, -0.05) is 80.1 Å². The Kier molecular flexibility index (Phi) is 19.3. The molecule has 0 radical (unpaired) electrons. The van der Waals surface area contributed by atoms with Crippen molar-refractivity contribution in [2.24, 2.45) is 17.8 Å². The normalized spacial score (nSPS) is 27.1. The summed E-state index contributed by atoms with van der Waals surface area (Å²) in [4.78, 5) is 81.7. The Morgan fingerprint density at radius 2 is 1.44 bits per heavy atom. The summed E-state index contributed by atoms with van der Waals surface area (Å²) in [7, 11) is 1.51. The number of hydrogen-bond acceptors (Lipinski definition) is 9. The molecule has 1 heterocycles. The molecule has 1 aliphatic rings. The zero-order valence-corrected chi connectivity index (χ0v) is 30.2. The molecular weight excluding hydrogens is 622 g/mol. The Bertz CT molecular complexity index is 1070. The largest absolute Gasteiger partial charge is 0.460 e. The van der Waals surface area contributed by atoms with Crippen molar-refractivity contribution in [1.82, 2.24) is 26.2 Å². The van der Waals surface area contributed by atoms with Crippen molar-refractivity contribution >= 4 is 35.5 Å². The molecule has 0 spiro atoms. The van der Waals surface area contributed by atoms with Crippen molar-refractivity contribution in [3.8, 4) is 0 Å². The maximum absolute atomic E-state index is 13.9. The minimum atomic E-state index is -1.53.